The van der Waals surface area contributed by atoms with Gasteiger partial charge >= 0.3 is 0 Å². The van der Waals surface area contributed by atoms with E-state index in [0.29, 0.717) is 12.4 Å². The van der Waals surface area contributed by atoms with Crippen LogP contribution < -0.4 is 0 Å². The summed E-state index contributed by atoms with van der Waals surface area (Å²) in [6.07, 6.45) is 2.15. The molecule has 1 atom stereocenters. The van der Waals surface area contributed by atoms with Crippen LogP contribution >= 0.6 is 0 Å². The molecule has 0 saturated carbocycles. The Bertz CT molecular complexity index is 566. The van der Waals surface area contributed by atoms with Crippen LogP contribution in [0.1, 0.15) is 37.8 Å². The Hall–Kier alpha value is -2.01. The summed E-state index contributed by atoms with van der Waals surface area (Å²) in [5.41, 5.74) is 0.880. The molecule has 1 heterocycles. The van der Waals surface area contributed by atoms with Gasteiger partial charge in [0.2, 0.25) is 0 Å². The van der Waals surface area contributed by atoms with E-state index in [1.807, 2.05) is 37.3 Å². The van der Waals surface area contributed by atoms with Gasteiger partial charge < -0.3 is 4.74 Å². The maximum Gasteiger partial charge on any atom is 0.173 e. The molecule has 0 saturated heterocycles. The van der Waals surface area contributed by atoms with E-state index < -0.39 is 6.10 Å². The molecular formula is C16H21N3O2. The molecule has 0 aliphatic heterocycles. The Morgan fingerprint density at radius 2 is 2.05 bits per heavy atom. The molecule has 0 amide bonds. The molecule has 2 aromatic rings. The fourth-order valence-electron chi connectivity index (χ4n) is 2.24. The smallest absolute Gasteiger partial charge is 0.173 e. The molecule has 21 heavy (non-hydrogen) atoms. The molecule has 1 aromatic carbocycles. The number of aryl methyl sites for hydroxylation is 1. The van der Waals surface area contributed by atoms with Crippen molar-refractivity contribution in [1.82, 2.24) is 14.8 Å². The molecule has 0 spiro atoms. The third-order valence-corrected chi connectivity index (χ3v) is 3.19. The van der Waals surface area contributed by atoms with Crippen LogP contribution in [0.4, 0.5) is 0 Å². The highest BCUT2D eigenvalue weighted by molar-refractivity contribution is 5.85. The zero-order chi connectivity index (χ0) is 15.1. The summed E-state index contributed by atoms with van der Waals surface area (Å²) in [4.78, 5) is 16.7. The predicted molar refractivity (Wildman–Crippen MR) is 79.8 cm³/mol. The fourth-order valence-corrected chi connectivity index (χ4v) is 2.24. The highest BCUT2D eigenvalue weighted by Crippen LogP contribution is 2.20. The van der Waals surface area contributed by atoms with Crippen molar-refractivity contribution in [3.05, 3.63) is 48.0 Å². The number of hydrogen-bond donors (Lipinski definition) is 0. The van der Waals surface area contributed by atoms with Gasteiger partial charge in [0.15, 0.2) is 5.78 Å². The van der Waals surface area contributed by atoms with Gasteiger partial charge in [-0.2, -0.15) is 5.10 Å². The van der Waals surface area contributed by atoms with E-state index in [-0.39, 0.29) is 12.2 Å². The van der Waals surface area contributed by atoms with Crippen molar-refractivity contribution in [3.8, 4) is 0 Å². The van der Waals surface area contributed by atoms with E-state index in [9.17, 15) is 4.79 Å². The van der Waals surface area contributed by atoms with Crippen LogP contribution in [0.2, 0.25) is 0 Å². The van der Waals surface area contributed by atoms with Gasteiger partial charge in [0.25, 0.3) is 0 Å². The average Bonchev–Trinajstić information content (AvgIpc) is 2.93. The maximum absolute atomic E-state index is 12.6. The number of rotatable bonds is 8. The van der Waals surface area contributed by atoms with Crippen LogP contribution in [-0.4, -0.2) is 27.2 Å². The Morgan fingerprint density at radius 3 is 2.71 bits per heavy atom. The summed E-state index contributed by atoms with van der Waals surface area (Å²) in [7, 11) is 0. The molecule has 2 rings (SSSR count). The van der Waals surface area contributed by atoms with Crippen LogP contribution in [0.25, 0.3) is 0 Å². The van der Waals surface area contributed by atoms with Crippen molar-refractivity contribution in [2.45, 2.75) is 39.3 Å². The van der Waals surface area contributed by atoms with Gasteiger partial charge in [-0.05, 0) is 18.9 Å². The topological polar surface area (TPSA) is 57.0 Å². The first kappa shape index (κ1) is 15.4. The van der Waals surface area contributed by atoms with Crippen molar-refractivity contribution in [3.63, 3.8) is 0 Å². The SMILES string of the molecule is CCCn1ncnc1CC(=O)C(OCC)c1ccccc1. The van der Waals surface area contributed by atoms with Gasteiger partial charge in [0.1, 0.15) is 18.3 Å². The van der Waals surface area contributed by atoms with Gasteiger partial charge in [-0.25, -0.2) is 9.67 Å². The normalized spacial score (nSPS) is 12.3. The minimum absolute atomic E-state index is 0.00778. The van der Waals surface area contributed by atoms with Crippen LogP contribution in [-0.2, 0) is 22.5 Å². The maximum atomic E-state index is 12.6. The lowest BCUT2D eigenvalue weighted by molar-refractivity contribution is -0.130. The minimum atomic E-state index is -0.539. The molecule has 5 nitrogen and oxygen atoms in total. The first-order chi connectivity index (χ1) is 10.3. The van der Waals surface area contributed by atoms with Crippen molar-refractivity contribution in [1.29, 1.82) is 0 Å². The summed E-state index contributed by atoms with van der Waals surface area (Å²) in [5, 5.41) is 4.15. The minimum Gasteiger partial charge on any atom is -0.366 e. The summed E-state index contributed by atoms with van der Waals surface area (Å²) < 4.78 is 7.42. The number of aromatic nitrogens is 3. The highest BCUT2D eigenvalue weighted by Gasteiger charge is 2.22. The summed E-state index contributed by atoms with van der Waals surface area (Å²) in [6.45, 7) is 5.23. The summed E-state index contributed by atoms with van der Waals surface area (Å²) in [6, 6.07) is 9.57. The number of ether oxygens (including phenoxy) is 1. The van der Waals surface area contributed by atoms with E-state index >= 15 is 0 Å². The highest BCUT2D eigenvalue weighted by atomic mass is 16.5. The van der Waals surface area contributed by atoms with E-state index in [4.69, 9.17) is 4.74 Å². The second-order valence-corrected chi connectivity index (χ2v) is 4.79. The number of carbonyl (C=O) groups is 1. The average molecular weight is 287 g/mol. The molecule has 0 aliphatic carbocycles. The van der Waals surface area contributed by atoms with E-state index in [0.717, 1.165) is 18.5 Å². The third kappa shape index (κ3) is 3.98. The molecule has 0 bridgehead atoms. The van der Waals surface area contributed by atoms with Crippen LogP contribution in [0.5, 0.6) is 0 Å². The monoisotopic (exact) mass is 287 g/mol. The molecule has 0 aliphatic rings. The first-order valence-electron chi connectivity index (χ1n) is 7.32. The van der Waals surface area contributed by atoms with Crippen molar-refractivity contribution < 1.29 is 9.53 Å². The summed E-state index contributed by atoms with van der Waals surface area (Å²) in [5.74, 6) is 0.705. The second kappa shape index (κ2) is 7.69. The lowest BCUT2D eigenvalue weighted by Gasteiger charge is -2.16. The number of nitrogens with zero attached hydrogens (tertiary/aromatic N) is 3. The van der Waals surface area contributed by atoms with Crippen LogP contribution in [0.3, 0.4) is 0 Å². The third-order valence-electron chi connectivity index (χ3n) is 3.19. The molecule has 112 valence electrons. The molecule has 1 unspecified atom stereocenters. The quantitative estimate of drug-likeness (QED) is 0.749. The zero-order valence-electron chi connectivity index (χ0n) is 12.5. The van der Waals surface area contributed by atoms with Crippen LogP contribution in [0.15, 0.2) is 36.7 Å². The molecule has 5 heteroatoms. The van der Waals surface area contributed by atoms with E-state index in [1.54, 1.807) is 4.68 Å². The van der Waals surface area contributed by atoms with Crippen molar-refractivity contribution in [2.24, 2.45) is 0 Å². The van der Waals surface area contributed by atoms with Gasteiger partial charge in [0, 0.05) is 13.2 Å². The number of ketones is 1. The molecule has 1 aromatic heterocycles. The van der Waals surface area contributed by atoms with E-state index in [2.05, 4.69) is 17.0 Å². The number of hydrogen-bond acceptors (Lipinski definition) is 4. The Kier molecular flexibility index (Phi) is 5.63. The zero-order valence-corrected chi connectivity index (χ0v) is 12.5. The molecule has 0 radical (unpaired) electrons. The fraction of sp³-hybridized carbons (Fsp3) is 0.438. The molecular weight excluding hydrogens is 266 g/mol. The largest absolute Gasteiger partial charge is 0.366 e. The van der Waals surface area contributed by atoms with Crippen molar-refractivity contribution >= 4 is 5.78 Å². The van der Waals surface area contributed by atoms with Gasteiger partial charge in [0.05, 0.1) is 6.42 Å². The van der Waals surface area contributed by atoms with Gasteiger partial charge in [-0.1, -0.05) is 37.3 Å². The Labute approximate surface area is 125 Å². The molecule has 0 fully saturated rings. The Balaban J connectivity index is 2.14. The molecule has 0 N–H and O–H groups in total. The number of carbonyl (C=O) groups excluding carboxylic acids is 1. The lowest BCUT2D eigenvalue weighted by Crippen LogP contribution is -2.20. The number of benzene rings is 1. The lowest BCUT2D eigenvalue weighted by atomic mass is 10.0. The Morgan fingerprint density at radius 1 is 1.29 bits per heavy atom. The van der Waals surface area contributed by atoms with Crippen LogP contribution in [0, 0.1) is 0 Å². The second-order valence-electron chi connectivity index (χ2n) is 4.79. The standard InChI is InChI=1S/C16H21N3O2/c1-3-10-19-15(17-12-18-19)11-14(20)16(21-4-2)13-8-6-5-7-9-13/h5-9,12,16H,3-4,10-11H2,1-2H3. The number of Topliss-reactive ketones (excluding diaryl/α,β-unsaturated/α-hetero) is 1. The predicted octanol–water partition coefficient (Wildman–Crippen LogP) is 2.58. The first-order valence-corrected chi connectivity index (χ1v) is 7.32. The van der Waals surface area contributed by atoms with E-state index in [1.165, 1.54) is 6.33 Å². The van der Waals surface area contributed by atoms with Gasteiger partial charge in [-0.3, -0.25) is 4.79 Å². The van der Waals surface area contributed by atoms with Crippen molar-refractivity contribution in [2.75, 3.05) is 6.61 Å². The summed E-state index contributed by atoms with van der Waals surface area (Å²) >= 11 is 0. The van der Waals surface area contributed by atoms with Gasteiger partial charge in [-0.15, -0.1) is 0 Å².